The first kappa shape index (κ1) is 16.4. The highest BCUT2D eigenvalue weighted by Crippen LogP contribution is 2.41. The smallest absolute Gasteiger partial charge is 0.416 e. The molecule has 1 aromatic heterocycles. The third-order valence-electron chi connectivity index (χ3n) is 2.48. The molecule has 0 bridgehead atoms. The molecular formula is C12H7Cl2F3N2O3. The fourth-order valence-electron chi connectivity index (χ4n) is 1.57. The van der Waals surface area contributed by atoms with Crippen molar-refractivity contribution in [2.24, 2.45) is 0 Å². The van der Waals surface area contributed by atoms with Gasteiger partial charge < -0.3 is 9.84 Å². The van der Waals surface area contributed by atoms with Gasteiger partial charge in [-0.25, -0.2) is 0 Å². The summed E-state index contributed by atoms with van der Waals surface area (Å²) in [6, 6.07) is 2.62. The summed E-state index contributed by atoms with van der Waals surface area (Å²) in [5.74, 6) is -1.36. The fraction of sp³-hybridized carbons (Fsp3) is 0.167. The number of nitrogens with zero attached hydrogens (tertiary/aromatic N) is 1. The maximum Gasteiger partial charge on any atom is 0.416 e. The molecule has 2 N–H and O–H groups in total. The number of carbonyl (C=O) groups is 1. The molecule has 0 saturated carbocycles. The number of hydrogen-bond donors (Lipinski definition) is 2. The van der Waals surface area contributed by atoms with Crippen molar-refractivity contribution in [1.82, 2.24) is 10.2 Å². The van der Waals surface area contributed by atoms with E-state index in [1.807, 2.05) is 0 Å². The van der Waals surface area contributed by atoms with E-state index >= 15 is 0 Å². The first-order valence-electron chi connectivity index (χ1n) is 5.67. The van der Waals surface area contributed by atoms with Crippen LogP contribution in [0.4, 0.5) is 13.2 Å². The number of halogens is 5. The van der Waals surface area contributed by atoms with Crippen LogP contribution in [0.5, 0.6) is 11.6 Å². The van der Waals surface area contributed by atoms with Crippen LogP contribution >= 0.6 is 23.2 Å². The molecule has 5 nitrogen and oxygen atoms in total. The van der Waals surface area contributed by atoms with Gasteiger partial charge in [-0.3, -0.25) is 9.89 Å². The maximum absolute atomic E-state index is 12.6. The van der Waals surface area contributed by atoms with Crippen LogP contribution in [0.25, 0.3) is 0 Å². The highest BCUT2D eigenvalue weighted by atomic mass is 35.5. The number of aromatic amines is 1. The largest absolute Gasteiger partial charge is 0.481 e. The summed E-state index contributed by atoms with van der Waals surface area (Å²) in [6.45, 7) is 0. The van der Waals surface area contributed by atoms with Gasteiger partial charge in [0, 0.05) is 6.07 Å². The molecule has 1 aromatic carbocycles. The number of carboxylic acid groups (broad SMARTS) is 1. The molecule has 1 heterocycles. The van der Waals surface area contributed by atoms with Gasteiger partial charge in [0.2, 0.25) is 5.88 Å². The quantitative estimate of drug-likeness (QED) is 0.864. The van der Waals surface area contributed by atoms with Crippen LogP contribution in [0.15, 0.2) is 18.2 Å². The Balaban J connectivity index is 2.26. The molecule has 0 unspecified atom stereocenters. The van der Waals surface area contributed by atoms with Gasteiger partial charge in [0.1, 0.15) is 0 Å². The van der Waals surface area contributed by atoms with Crippen LogP contribution in [-0.4, -0.2) is 21.3 Å². The summed E-state index contributed by atoms with van der Waals surface area (Å²) in [7, 11) is 0. The molecule has 22 heavy (non-hydrogen) atoms. The highest BCUT2D eigenvalue weighted by molar-refractivity contribution is 6.37. The number of nitrogens with one attached hydrogen (secondary N) is 1. The van der Waals surface area contributed by atoms with Gasteiger partial charge in [-0.1, -0.05) is 23.2 Å². The predicted octanol–water partition coefficient (Wildman–Crippen LogP) is 4.15. The van der Waals surface area contributed by atoms with Crippen LogP contribution in [0.1, 0.15) is 11.3 Å². The van der Waals surface area contributed by atoms with E-state index in [2.05, 4.69) is 10.2 Å². The molecule has 0 aliphatic rings. The number of benzene rings is 1. The average Bonchev–Trinajstić information content (AvgIpc) is 2.79. The van der Waals surface area contributed by atoms with E-state index in [0.29, 0.717) is 12.1 Å². The standard InChI is InChI=1S/C12H7Cl2F3N2O3/c13-7-1-5(12(15,16)17)2-8(14)11(7)22-9-3-6(18-19-9)4-10(20)21/h1-3H,4H2,(H,18,19)(H,20,21). The molecule has 118 valence electrons. The number of H-pyrrole nitrogens is 1. The number of alkyl halides is 3. The van der Waals surface area contributed by atoms with Gasteiger partial charge in [-0.15, -0.1) is 5.10 Å². The molecule has 0 atom stereocenters. The lowest BCUT2D eigenvalue weighted by molar-refractivity contribution is -0.138. The van der Waals surface area contributed by atoms with Crippen LogP contribution < -0.4 is 4.74 Å². The molecule has 0 fully saturated rings. The Morgan fingerprint density at radius 3 is 2.36 bits per heavy atom. The third-order valence-corrected chi connectivity index (χ3v) is 3.04. The molecule has 2 rings (SSSR count). The molecular weight excluding hydrogens is 348 g/mol. The van der Waals surface area contributed by atoms with Crippen molar-refractivity contribution >= 4 is 29.2 Å². The van der Waals surface area contributed by atoms with Gasteiger partial charge in [-0.05, 0) is 12.1 Å². The zero-order valence-electron chi connectivity index (χ0n) is 10.5. The summed E-state index contributed by atoms with van der Waals surface area (Å²) in [6.07, 6.45) is -4.91. The molecule has 0 spiro atoms. The van der Waals surface area contributed by atoms with E-state index in [4.69, 9.17) is 33.0 Å². The molecule has 10 heteroatoms. The molecule has 0 saturated heterocycles. The molecule has 0 radical (unpaired) electrons. The van der Waals surface area contributed by atoms with E-state index < -0.39 is 17.7 Å². The second-order valence-corrected chi connectivity index (χ2v) is 4.99. The molecule has 2 aromatic rings. The van der Waals surface area contributed by atoms with E-state index in [9.17, 15) is 18.0 Å². The van der Waals surface area contributed by atoms with Crippen LogP contribution in [0.2, 0.25) is 10.0 Å². The number of aromatic nitrogens is 2. The zero-order chi connectivity index (χ0) is 16.5. The van der Waals surface area contributed by atoms with Crippen LogP contribution in [0.3, 0.4) is 0 Å². The van der Waals surface area contributed by atoms with Crippen molar-refractivity contribution < 1.29 is 27.8 Å². The molecule has 0 aliphatic carbocycles. The predicted molar refractivity (Wildman–Crippen MR) is 71.5 cm³/mol. The van der Waals surface area contributed by atoms with E-state index in [-0.39, 0.29) is 33.8 Å². The Kier molecular flexibility index (Phi) is 4.52. The van der Waals surface area contributed by atoms with Gasteiger partial charge in [-0.2, -0.15) is 13.2 Å². The van der Waals surface area contributed by atoms with Gasteiger partial charge >= 0.3 is 12.1 Å². The lowest BCUT2D eigenvalue weighted by Gasteiger charge is -2.11. The minimum atomic E-state index is -4.59. The zero-order valence-corrected chi connectivity index (χ0v) is 12.1. The second-order valence-electron chi connectivity index (χ2n) is 4.17. The second kappa shape index (κ2) is 6.05. The Morgan fingerprint density at radius 1 is 1.27 bits per heavy atom. The van der Waals surface area contributed by atoms with Crippen molar-refractivity contribution in [2.45, 2.75) is 12.6 Å². The fourth-order valence-corrected chi connectivity index (χ4v) is 2.14. The summed E-state index contributed by atoms with van der Waals surface area (Å²) < 4.78 is 43.0. The Bertz CT molecular complexity index is 693. The average molecular weight is 355 g/mol. The summed E-state index contributed by atoms with van der Waals surface area (Å²) in [5, 5.41) is 14.0. The normalized spacial score (nSPS) is 11.5. The Hall–Kier alpha value is -1.93. The van der Waals surface area contributed by atoms with Gasteiger partial charge in [0.05, 0.1) is 27.7 Å². The minimum absolute atomic E-state index is 0.0696. The first-order chi connectivity index (χ1) is 10.2. The monoisotopic (exact) mass is 354 g/mol. The van der Waals surface area contributed by atoms with Crippen molar-refractivity contribution in [2.75, 3.05) is 0 Å². The SMILES string of the molecule is O=C(O)Cc1cc(Oc2c(Cl)cc(C(F)(F)F)cc2Cl)n[nH]1. The van der Waals surface area contributed by atoms with Crippen LogP contribution in [-0.2, 0) is 17.4 Å². The van der Waals surface area contributed by atoms with E-state index in [1.54, 1.807) is 0 Å². The lowest BCUT2D eigenvalue weighted by Crippen LogP contribution is -2.05. The van der Waals surface area contributed by atoms with Crippen molar-refractivity contribution in [3.8, 4) is 11.6 Å². The molecule has 0 aliphatic heterocycles. The number of hydrogen-bond acceptors (Lipinski definition) is 3. The minimum Gasteiger partial charge on any atom is -0.481 e. The number of ether oxygens (including phenoxy) is 1. The maximum atomic E-state index is 12.6. The number of carboxylic acids is 1. The Morgan fingerprint density at radius 2 is 1.86 bits per heavy atom. The Labute approximate surface area is 131 Å². The van der Waals surface area contributed by atoms with Crippen molar-refractivity contribution in [3.63, 3.8) is 0 Å². The highest BCUT2D eigenvalue weighted by Gasteiger charge is 2.32. The molecule has 0 amide bonds. The summed E-state index contributed by atoms with van der Waals surface area (Å²) >= 11 is 11.5. The summed E-state index contributed by atoms with van der Waals surface area (Å²) in [4.78, 5) is 10.5. The van der Waals surface area contributed by atoms with E-state index in [1.165, 1.54) is 6.07 Å². The third kappa shape index (κ3) is 3.83. The van der Waals surface area contributed by atoms with Gasteiger partial charge in [0.25, 0.3) is 0 Å². The lowest BCUT2D eigenvalue weighted by atomic mass is 10.2. The number of aliphatic carboxylic acids is 1. The van der Waals surface area contributed by atoms with Crippen molar-refractivity contribution in [1.29, 1.82) is 0 Å². The van der Waals surface area contributed by atoms with Gasteiger partial charge in [0.15, 0.2) is 5.75 Å². The summed E-state index contributed by atoms with van der Waals surface area (Å²) in [5.41, 5.74) is -0.759. The first-order valence-corrected chi connectivity index (χ1v) is 6.42. The van der Waals surface area contributed by atoms with Crippen molar-refractivity contribution in [3.05, 3.63) is 39.5 Å². The van der Waals surface area contributed by atoms with E-state index in [0.717, 1.165) is 0 Å². The van der Waals surface area contributed by atoms with Crippen LogP contribution in [0, 0.1) is 0 Å². The topological polar surface area (TPSA) is 75.2 Å². The number of rotatable bonds is 4.